The molecule has 1 aromatic carbocycles. The number of hydrogen-bond donors (Lipinski definition) is 1. The normalized spacial score (nSPS) is 21.1. The van der Waals surface area contributed by atoms with E-state index in [9.17, 15) is 8.42 Å². The third-order valence-corrected chi connectivity index (χ3v) is 5.50. The maximum atomic E-state index is 12.4. The zero-order valence-corrected chi connectivity index (χ0v) is 11.8. The summed E-state index contributed by atoms with van der Waals surface area (Å²) in [6.07, 6.45) is 1.84. The van der Waals surface area contributed by atoms with Crippen molar-refractivity contribution in [1.29, 1.82) is 0 Å². The Bertz CT molecular complexity index is 552. The van der Waals surface area contributed by atoms with Crippen molar-refractivity contribution in [2.24, 2.45) is 5.73 Å². The van der Waals surface area contributed by atoms with Gasteiger partial charge in [0.25, 0.3) is 0 Å². The Morgan fingerprint density at radius 3 is 2.44 bits per heavy atom. The van der Waals surface area contributed by atoms with Crippen molar-refractivity contribution in [3.05, 3.63) is 29.8 Å². The van der Waals surface area contributed by atoms with E-state index >= 15 is 0 Å². The quantitative estimate of drug-likeness (QED) is 0.854. The van der Waals surface area contributed by atoms with E-state index in [-0.39, 0.29) is 11.0 Å². The van der Waals surface area contributed by atoms with Gasteiger partial charge < -0.3 is 5.73 Å². The molecule has 1 aliphatic heterocycles. The van der Waals surface area contributed by atoms with Gasteiger partial charge in [-0.25, -0.2) is 8.42 Å². The second-order valence-electron chi connectivity index (χ2n) is 4.50. The van der Waals surface area contributed by atoms with Crippen LogP contribution in [0.15, 0.2) is 29.2 Å². The molecular formula is C12H16N2O2S2. The minimum absolute atomic E-state index is 0.0743. The summed E-state index contributed by atoms with van der Waals surface area (Å²) in [5.74, 6) is 0. The molecule has 0 aliphatic carbocycles. The molecule has 0 aromatic heterocycles. The van der Waals surface area contributed by atoms with Gasteiger partial charge in [-0.1, -0.05) is 24.4 Å². The second kappa shape index (κ2) is 4.95. The number of nitrogens with zero attached hydrogens (tertiary/aromatic N) is 1. The van der Waals surface area contributed by atoms with Crippen molar-refractivity contribution in [2.45, 2.75) is 30.7 Å². The fourth-order valence-corrected chi connectivity index (χ4v) is 4.03. The van der Waals surface area contributed by atoms with Gasteiger partial charge in [-0.15, -0.1) is 0 Å². The van der Waals surface area contributed by atoms with E-state index in [0.29, 0.717) is 17.0 Å². The second-order valence-corrected chi connectivity index (χ2v) is 6.83. The van der Waals surface area contributed by atoms with Crippen LogP contribution in [-0.4, -0.2) is 30.3 Å². The highest BCUT2D eigenvalue weighted by molar-refractivity contribution is 7.89. The Balaban J connectivity index is 2.33. The van der Waals surface area contributed by atoms with E-state index in [2.05, 4.69) is 0 Å². The summed E-state index contributed by atoms with van der Waals surface area (Å²) in [6.45, 7) is 2.54. The van der Waals surface area contributed by atoms with Crippen LogP contribution in [0, 0.1) is 0 Å². The molecule has 1 aliphatic rings. The van der Waals surface area contributed by atoms with E-state index < -0.39 is 10.0 Å². The first kappa shape index (κ1) is 13.5. The first-order valence-corrected chi connectivity index (χ1v) is 7.69. The molecule has 0 amide bonds. The molecule has 0 spiro atoms. The first-order valence-electron chi connectivity index (χ1n) is 5.84. The van der Waals surface area contributed by atoms with Crippen LogP contribution in [0.25, 0.3) is 0 Å². The number of benzene rings is 1. The monoisotopic (exact) mass is 284 g/mol. The number of thiocarbonyl (C=S) groups is 1. The van der Waals surface area contributed by atoms with E-state index in [4.69, 9.17) is 18.0 Å². The van der Waals surface area contributed by atoms with E-state index in [1.54, 1.807) is 28.6 Å². The molecule has 6 heteroatoms. The van der Waals surface area contributed by atoms with Crippen molar-refractivity contribution in [3.8, 4) is 0 Å². The number of sulfonamides is 1. The van der Waals surface area contributed by atoms with Gasteiger partial charge in [-0.2, -0.15) is 4.31 Å². The molecule has 1 unspecified atom stereocenters. The van der Waals surface area contributed by atoms with Gasteiger partial charge in [0.2, 0.25) is 10.0 Å². The highest BCUT2D eigenvalue weighted by Crippen LogP contribution is 2.25. The molecule has 1 aromatic rings. The molecule has 18 heavy (non-hydrogen) atoms. The highest BCUT2D eigenvalue weighted by Gasteiger charge is 2.32. The van der Waals surface area contributed by atoms with Crippen LogP contribution in [0.3, 0.4) is 0 Å². The van der Waals surface area contributed by atoms with E-state index in [1.807, 2.05) is 6.92 Å². The molecule has 1 heterocycles. The highest BCUT2D eigenvalue weighted by atomic mass is 32.2. The Labute approximate surface area is 113 Å². The fraction of sp³-hybridized carbons (Fsp3) is 0.417. The lowest BCUT2D eigenvalue weighted by molar-refractivity contribution is 0.408. The number of nitrogens with two attached hydrogens (primary N) is 1. The van der Waals surface area contributed by atoms with Crippen molar-refractivity contribution in [3.63, 3.8) is 0 Å². The van der Waals surface area contributed by atoms with E-state index in [0.717, 1.165) is 12.8 Å². The predicted molar refractivity (Wildman–Crippen MR) is 74.9 cm³/mol. The largest absolute Gasteiger partial charge is 0.389 e. The van der Waals surface area contributed by atoms with Crippen molar-refractivity contribution in [2.75, 3.05) is 6.54 Å². The molecule has 1 fully saturated rings. The lowest BCUT2D eigenvalue weighted by Crippen LogP contribution is -2.33. The summed E-state index contributed by atoms with van der Waals surface area (Å²) in [5.41, 5.74) is 6.17. The van der Waals surface area contributed by atoms with E-state index in [1.165, 1.54) is 0 Å². The molecule has 0 bridgehead atoms. The van der Waals surface area contributed by atoms with Crippen LogP contribution in [0.5, 0.6) is 0 Å². The lowest BCUT2D eigenvalue weighted by Gasteiger charge is -2.20. The maximum absolute atomic E-state index is 12.4. The van der Waals surface area contributed by atoms with Crippen molar-refractivity contribution < 1.29 is 8.42 Å². The topological polar surface area (TPSA) is 63.4 Å². The Kier molecular flexibility index (Phi) is 3.70. The molecule has 4 nitrogen and oxygen atoms in total. The standard InChI is InChI=1S/C12H16N2O2S2/c1-9-3-2-8-14(9)18(15,16)11-6-4-10(5-7-11)12(13)17/h4-7,9H,2-3,8H2,1H3,(H2,13,17). The molecule has 98 valence electrons. The molecule has 0 saturated carbocycles. The van der Waals surface area contributed by atoms with Gasteiger partial charge in [-0.05, 0) is 31.9 Å². The van der Waals surface area contributed by atoms with Crippen LogP contribution >= 0.6 is 12.2 Å². The molecule has 2 rings (SSSR count). The smallest absolute Gasteiger partial charge is 0.243 e. The number of hydrogen-bond acceptors (Lipinski definition) is 3. The first-order chi connectivity index (χ1) is 8.43. The molecule has 1 saturated heterocycles. The fourth-order valence-electron chi connectivity index (χ4n) is 2.19. The zero-order valence-electron chi connectivity index (χ0n) is 10.2. The average molecular weight is 284 g/mol. The average Bonchev–Trinajstić information content (AvgIpc) is 2.76. The summed E-state index contributed by atoms with van der Waals surface area (Å²) in [5, 5.41) is 0. The lowest BCUT2D eigenvalue weighted by atomic mass is 10.2. The van der Waals surface area contributed by atoms with Crippen LogP contribution < -0.4 is 5.73 Å². The summed E-state index contributed by atoms with van der Waals surface area (Å²) in [6, 6.07) is 6.50. The molecule has 1 atom stereocenters. The third-order valence-electron chi connectivity index (χ3n) is 3.24. The molecule has 0 radical (unpaired) electrons. The van der Waals surface area contributed by atoms with Gasteiger partial charge >= 0.3 is 0 Å². The van der Waals surface area contributed by atoms with Crippen molar-refractivity contribution >= 4 is 27.2 Å². The van der Waals surface area contributed by atoms with Crippen LogP contribution in [0.4, 0.5) is 0 Å². The van der Waals surface area contributed by atoms with Gasteiger partial charge in [0.15, 0.2) is 0 Å². The van der Waals surface area contributed by atoms with Crippen LogP contribution in [0.1, 0.15) is 25.3 Å². The zero-order chi connectivity index (χ0) is 13.3. The summed E-state index contributed by atoms with van der Waals surface area (Å²) >= 11 is 4.84. The van der Waals surface area contributed by atoms with Gasteiger partial charge in [0.1, 0.15) is 4.99 Å². The minimum atomic E-state index is -3.38. The molecule has 2 N–H and O–H groups in total. The maximum Gasteiger partial charge on any atom is 0.243 e. The van der Waals surface area contributed by atoms with Crippen LogP contribution in [0.2, 0.25) is 0 Å². The van der Waals surface area contributed by atoms with Gasteiger partial charge in [0.05, 0.1) is 4.90 Å². The number of rotatable bonds is 3. The Morgan fingerprint density at radius 1 is 1.39 bits per heavy atom. The summed E-state index contributed by atoms with van der Waals surface area (Å²) in [4.78, 5) is 0.574. The third kappa shape index (κ3) is 2.41. The minimum Gasteiger partial charge on any atom is -0.389 e. The molecular weight excluding hydrogens is 268 g/mol. The van der Waals surface area contributed by atoms with Crippen LogP contribution in [-0.2, 0) is 10.0 Å². The predicted octanol–water partition coefficient (Wildman–Crippen LogP) is 1.49. The van der Waals surface area contributed by atoms with Gasteiger partial charge in [-0.3, -0.25) is 0 Å². The summed E-state index contributed by atoms with van der Waals surface area (Å²) in [7, 11) is -3.38. The SMILES string of the molecule is CC1CCCN1S(=O)(=O)c1ccc(C(N)=S)cc1. The summed E-state index contributed by atoms with van der Waals surface area (Å²) < 4.78 is 26.3. The Hall–Kier alpha value is -0.980. The van der Waals surface area contributed by atoms with Crippen molar-refractivity contribution in [1.82, 2.24) is 4.31 Å². The van der Waals surface area contributed by atoms with Gasteiger partial charge in [0, 0.05) is 18.2 Å². The Morgan fingerprint density at radius 2 is 2.00 bits per heavy atom.